The summed E-state index contributed by atoms with van der Waals surface area (Å²) >= 11 is 3.40. The van der Waals surface area contributed by atoms with Gasteiger partial charge in [-0.1, -0.05) is 5.16 Å². The largest absolute Gasteiger partial charge is 0.369 e. The van der Waals surface area contributed by atoms with Crippen molar-refractivity contribution in [3.63, 3.8) is 0 Å². The van der Waals surface area contributed by atoms with E-state index in [0.717, 1.165) is 16.8 Å². The lowest BCUT2D eigenvalue weighted by atomic mass is 10.4. The van der Waals surface area contributed by atoms with Crippen LogP contribution in [-0.4, -0.2) is 21.7 Å². The van der Waals surface area contributed by atoms with Gasteiger partial charge in [0.05, 0.1) is 4.47 Å². The van der Waals surface area contributed by atoms with Crippen molar-refractivity contribution in [1.29, 1.82) is 0 Å². The summed E-state index contributed by atoms with van der Waals surface area (Å²) in [5.41, 5.74) is 0. The van der Waals surface area contributed by atoms with Crippen LogP contribution in [0, 0.1) is 0 Å². The lowest BCUT2D eigenvalue weighted by Crippen LogP contribution is -2.07. The molecule has 0 aliphatic rings. The Kier molecular flexibility index (Phi) is 3.29. The highest BCUT2D eigenvalue weighted by atomic mass is 79.9. The second-order valence-corrected chi connectivity index (χ2v) is 3.71. The summed E-state index contributed by atoms with van der Waals surface area (Å²) in [6, 6.07) is 3.80. The number of rotatable bonds is 4. The number of nitrogens with one attached hydrogen (secondary N) is 1. The van der Waals surface area contributed by atoms with Gasteiger partial charge in [0.25, 0.3) is 0 Å². The average molecular weight is 269 g/mol. The lowest BCUT2D eigenvalue weighted by Gasteiger charge is -2.04. The van der Waals surface area contributed by atoms with Crippen LogP contribution < -0.4 is 5.32 Å². The molecule has 0 aliphatic carbocycles. The average Bonchev–Trinajstić information content (AvgIpc) is 2.74. The standard InChI is InChI=1S/C9H9BrN4O/c10-7-2-1-4-11-9(7)12-5-3-8-13-6-15-14-8/h1-2,4,6H,3,5H2,(H,11,12). The highest BCUT2D eigenvalue weighted by Gasteiger charge is 2.01. The minimum Gasteiger partial charge on any atom is -0.369 e. The maximum atomic E-state index is 4.63. The highest BCUT2D eigenvalue weighted by Crippen LogP contribution is 2.17. The molecular weight excluding hydrogens is 260 g/mol. The van der Waals surface area contributed by atoms with E-state index in [4.69, 9.17) is 0 Å². The van der Waals surface area contributed by atoms with E-state index in [1.165, 1.54) is 6.39 Å². The maximum Gasteiger partial charge on any atom is 0.213 e. The predicted molar refractivity (Wildman–Crippen MR) is 58.4 cm³/mol. The van der Waals surface area contributed by atoms with E-state index in [1.807, 2.05) is 12.1 Å². The zero-order valence-electron chi connectivity index (χ0n) is 7.85. The summed E-state index contributed by atoms with van der Waals surface area (Å²) < 4.78 is 5.57. The monoisotopic (exact) mass is 268 g/mol. The smallest absolute Gasteiger partial charge is 0.213 e. The van der Waals surface area contributed by atoms with Gasteiger partial charge in [-0.15, -0.1) is 0 Å². The molecule has 2 heterocycles. The SMILES string of the molecule is Brc1cccnc1NCCc1ncon1. The van der Waals surface area contributed by atoms with E-state index >= 15 is 0 Å². The molecule has 2 aromatic heterocycles. The Labute approximate surface area is 95.0 Å². The van der Waals surface area contributed by atoms with Crippen LogP contribution in [-0.2, 0) is 6.42 Å². The van der Waals surface area contributed by atoms with Crippen molar-refractivity contribution < 1.29 is 4.52 Å². The van der Waals surface area contributed by atoms with Gasteiger partial charge >= 0.3 is 0 Å². The molecule has 1 N–H and O–H groups in total. The van der Waals surface area contributed by atoms with Gasteiger partial charge in [0.1, 0.15) is 5.82 Å². The van der Waals surface area contributed by atoms with Crippen molar-refractivity contribution >= 4 is 21.7 Å². The van der Waals surface area contributed by atoms with E-state index < -0.39 is 0 Å². The number of aromatic nitrogens is 3. The number of hydrogen-bond acceptors (Lipinski definition) is 5. The molecule has 0 bridgehead atoms. The van der Waals surface area contributed by atoms with E-state index in [1.54, 1.807) is 6.20 Å². The zero-order valence-corrected chi connectivity index (χ0v) is 9.44. The molecule has 78 valence electrons. The topological polar surface area (TPSA) is 63.8 Å². The fourth-order valence-electron chi connectivity index (χ4n) is 1.11. The van der Waals surface area contributed by atoms with Crippen LogP contribution in [0.5, 0.6) is 0 Å². The maximum absolute atomic E-state index is 4.63. The molecule has 0 amide bonds. The summed E-state index contributed by atoms with van der Waals surface area (Å²) in [5, 5.41) is 6.88. The van der Waals surface area contributed by atoms with Crippen molar-refractivity contribution in [2.24, 2.45) is 0 Å². The summed E-state index contributed by atoms with van der Waals surface area (Å²) in [4.78, 5) is 8.09. The second-order valence-electron chi connectivity index (χ2n) is 2.86. The van der Waals surface area contributed by atoms with Crippen LogP contribution in [0.1, 0.15) is 5.82 Å². The van der Waals surface area contributed by atoms with Crippen LogP contribution in [0.4, 0.5) is 5.82 Å². The molecule has 0 fully saturated rings. The van der Waals surface area contributed by atoms with Crippen molar-refractivity contribution in [1.82, 2.24) is 15.1 Å². The quantitative estimate of drug-likeness (QED) is 0.918. The Balaban J connectivity index is 1.86. The Bertz CT molecular complexity index is 418. The minimum absolute atomic E-state index is 0.689. The number of nitrogens with zero attached hydrogens (tertiary/aromatic N) is 3. The van der Waals surface area contributed by atoms with Crippen LogP contribution in [0.15, 0.2) is 33.7 Å². The third-order valence-electron chi connectivity index (χ3n) is 1.81. The van der Waals surface area contributed by atoms with Gasteiger partial charge in [0.15, 0.2) is 5.82 Å². The van der Waals surface area contributed by atoms with Gasteiger partial charge in [-0.25, -0.2) is 4.98 Å². The molecule has 0 aliphatic heterocycles. The highest BCUT2D eigenvalue weighted by molar-refractivity contribution is 9.10. The molecule has 0 unspecified atom stereocenters. The Morgan fingerprint density at radius 1 is 1.40 bits per heavy atom. The minimum atomic E-state index is 0.689. The zero-order chi connectivity index (χ0) is 10.5. The molecule has 15 heavy (non-hydrogen) atoms. The first-order valence-corrected chi connectivity index (χ1v) is 5.25. The normalized spacial score (nSPS) is 10.2. The van der Waals surface area contributed by atoms with Gasteiger partial charge < -0.3 is 9.84 Å². The molecule has 0 radical (unpaired) electrons. The first-order valence-electron chi connectivity index (χ1n) is 4.46. The van der Waals surface area contributed by atoms with E-state index in [0.29, 0.717) is 12.2 Å². The molecule has 0 aromatic carbocycles. The fraction of sp³-hybridized carbons (Fsp3) is 0.222. The third kappa shape index (κ3) is 2.76. The number of halogens is 1. The molecule has 2 aromatic rings. The number of pyridine rings is 1. The van der Waals surface area contributed by atoms with Crippen molar-refractivity contribution in [2.45, 2.75) is 6.42 Å². The van der Waals surface area contributed by atoms with E-state index in [2.05, 4.69) is 40.9 Å². The summed E-state index contributed by atoms with van der Waals surface area (Å²) in [7, 11) is 0. The fourth-order valence-corrected chi connectivity index (χ4v) is 1.51. The molecule has 5 nitrogen and oxygen atoms in total. The summed E-state index contributed by atoms with van der Waals surface area (Å²) in [6.45, 7) is 0.717. The van der Waals surface area contributed by atoms with Crippen molar-refractivity contribution in [3.05, 3.63) is 35.0 Å². The summed E-state index contributed by atoms with van der Waals surface area (Å²) in [5.74, 6) is 1.51. The van der Waals surface area contributed by atoms with Gasteiger partial charge in [0, 0.05) is 19.2 Å². The Morgan fingerprint density at radius 2 is 2.33 bits per heavy atom. The molecular formula is C9H9BrN4O. The molecule has 0 saturated carbocycles. The van der Waals surface area contributed by atoms with Crippen molar-refractivity contribution in [2.75, 3.05) is 11.9 Å². The van der Waals surface area contributed by atoms with E-state index in [-0.39, 0.29) is 0 Å². The van der Waals surface area contributed by atoms with E-state index in [9.17, 15) is 0 Å². The van der Waals surface area contributed by atoms with Crippen LogP contribution in [0.2, 0.25) is 0 Å². The predicted octanol–water partition coefficient (Wildman–Crippen LogP) is 1.88. The van der Waals surface area contributed by atoms with Crippen LogP contribution >= 0.6 is 15.9 Å². The summed E-state index contributed by atoms with van der Waals surface area (Å²) in [6.07, 6.45) is 3.77. The van der Waals surface area contributed by atoms with Gasteiger partial charge in [-0.3, -0.25) is 0 Å². The molecule has 6 heteroatoms. The van der Waals surface area contributed by atoms with Crippen molar-refractivity contribution in [3.8, 4) is 0 Å². The number of anilines is 1. The van der Waals surface area contributed by atoms with Crippen LogP contribution in [0.3, 0.4) is 0 Å². The van der Waals surface area contributed by atoms with Gasteiger partial charge in [-0.2, -0.15) is 4.98 Å². The molecule has 2 rings (SSSR count). The molecule has 0 saturated heterocycles. The molecule has 0 atom stereocenters. The Morgan fingerprint density at radius 3 is 3.07 bits per heavy atom. The first-order chi connectivity index (χ1) is 7.36. The first kappa shape index (κ1) is 10.1. The number of hydrogen-bond donors (Lipinski definition) is 1. The lowest BCUT2D eigenvalue weighted by molar-refractivity contribution is 0.410. The second kappa shape index (κ2) is 4.88. The molecule has 0 spiro atoms. The van der Waals surface area contributed by atoms with Gasteiger partial charge in [0.2, 0.25) is 6.39 Å². The van der Waals surface area contributed by atoms with Crippen LogP contribution in [0.25, 0.3) is 0 Å². The third-order valence-corrected chi connectivity index (χ3v) is 2.45. The van der Waals surface area contributed by atoms with Gasteiger partial charge in [-0.05, 0) is 28.1 Å². The Hall–Kier alpha value is -1.43.